The molecule has 0 bridgehead atoms. The summed E-state index contributed by atoms with van der Waals surface area (Å²) in [5, 5.41) is 9.44. The lowest BCUT2D eigenvalue weighted by Gasteiger charge is -2.38. The first-order chi connectivity index (χ1) is 11.0. The van der Waals surface area contributed by atoms with Crippen LogP contribution in [-0.2, 0) is 10.0 Å². The molecule has 3 rings (SSSR count). The van der Waals surface area contributed by atoms with Gasteiger partial charge in [-0.3, -0.25) is 4.90 Å². The molecule has 1 aromatic carbocycles. The maximum Gasteiger partial charge on any atom is 0.245 e. The van der Waals surface area contributed by atoms with E-state index in [0.717, 1.165) is 32.2 Å². The second-order valence-electron chi connectivity index (χ2n) is 6.28. The number of sulfonamides is 1. The van der Waals surface area contributed by atoms with Crippen LogP contribution >= 0.6 is 0 Å². The summed E-state index contributed by atoms with van der Waals surface area (Å²) in [5.41, 5.74) is 0. The standard InChI is InChI=1S/C16H23FN2O3S/c17-15-5-1-2-6-16(15)23(21,22)18-10-7-13(8-11-18)19-9-3-4-14(19)12-20/h1-2,5-6,13-14,20H,3-4,7-12H2. The molecule has 0 aromatic heterocycles. The van der Waals surface area contributed by atoms with Crippen molar-refractivity contribution in [1.82, 2.24) is 9.21 Å². The van der Waals surface area contributed by atoms with E-state index in [9.17, 15) is 17.9 Å². The van der Waals surface area contributed by atoms with Crippen LogP contribution in [0.4, 0.5) is 4.39 Å². The normalized spacial score (nSPS) is 25.0. The van der Waals surface area contributed by atoms with Crippen molar-refractivity contribution in [3.05, 3.63) is 30.1 Å². The molecule has 2 heterocycles. The molecule has 128 valence electrons. The minimum Gasteiger partial charge on any atom is -0.395 e. The second kappa shape index (κ2) is 6.84. The van der Waals surface area contributed by atoms with Crippen LogP contribution in [0.2, 0.25) is 0 Å². The van der Waals surface area contributed by atoms with Gasteiger partial charge in [-0.1, -0.05) is 12.1 Å². The van der Waals surface area contributed by atoms with Crippen molar-refractivity contribution in [3.8, 4) is 0 Å². The van der Waals surface area contributed by atoms with Crippen molar-refractivity contribution in [2.45, 2.75) is 42.7 Å². The lowest BCUT2D eigenvalue weighted by Crippen LogP contribution is -2.49. The monoisotopic (exact) mass is 342 g/mol. The van der Waals surface area contributed by atoms with E-state index in [-0.39, 0.29) is 17.5 Å². The maximum absolute atomic E-state index is 13.8. The maximum atomic E-state index is 13.8. The van der Waals surface area contributed by atoms with E-state index in [0.29, 0.717) is 19.1 Å². The van der Waals surface area contributed by atoms with Gasteiger partial charge in [0.15, 0.2) is 0 Å². The van der Waals surface area contributed by atoms with Gasteiger partial charge in [0.1, 0.15) is 10.7 Å². The topological polar surface area (TPSA) is 60.9 Å². The number of benzene rings is 1. The van der Waals surface area contributed by atoms with Crippen molar-refractivity contribution in [3.63, 3.8) is 0 Å². The van der Waals surface area contributed by atoms with Crippen molar-refractivity contribution < 1.29 is 17.9 Å². The Bertz CT molecular complexity index is 644. The van der Waals surface area contributed by atoms with Gasteiger partial charge < -0.3 is 5.11 Å². The van der Waals surface area contributed by atoms with Gasteiger partial charge in [-0.2, -0.15) is 4.31 Å². The fourth-order valence-corrected chi connectivity index (χ4v) is 5.28. The third-order valence-corrected chi connectivity index (χ3v) is 6.91. The Morgan fingerprint density at radius 1 is 1.13 bits per heavy atom. The first-order valence-corrected chi connectivity index (χ1v) is 9.59. The van der Waals surface area contributed by atoms with Crippen LogP contribution in [0, 0.1) is 5.82 Å². The van der Waals surface area contributed by atoms with E-state index >= 15 is 0 Å². The molecule has 1 aromatic rings. The molecule has 0 radical (unpaired) electrons. The minimum absolute atomic E-state index is 0.160. The van der Waals surface area contributed by atoms with Crippen molar-refractivity contribution in [1.29, 1.82) is 0 Å². The van der Waals surface area contributed by atoms with Crippen molar-refractivity contribution in [2.24, 2.45) is 0 Å². The summed E-state index contributed by atoms with van der Waals surface area (Å²) < 4.78 is 40.4. The van der Waals surface area contributed by atoms with E-state index in [4.69, 9.17) is 0 Å². The fourth-order valence-electron chi connectivity index (χ4n) is 3.74. The van der Waals surface area contributed by atoms with Gasteiger partial charge in [0, 0.05) is 25.2 Å². The molecular weight excluding hydrogens is 319 g/mol. The molecule has 0 amide bonds. The lowest BCUT2D eigenvalue weighted by atomic mass is 10.0. The molecule has 2 saturated heterocycles. The summed E-state index contributed by atoms with van der Waals surface area (Å²) in [6.45, 7) is 1.93. The summed E-state index contributed by atoms with van der Waals surface area (Å²) in [6.07, 6.45) is 3.54. The Hall–Kier alpha value is -1.02. The number of rotatable bonds is 4. The van der Waals surface area contributed by atoms with E-state index in [1.54, 1.807) is 6.07 Å². The van der Waals surface area contributed by atoms with Gasteiger partial charge in [-0.05, 0) is 44.4 Å². The van der Waals surface area contributed by atoms with Crippen molar-refractivity contribution in [2.75, 3.05) is 26.2 Å². The number of aliphatic hydroxyl groups excluding tert-OH is 1. The number of nitrogens with zero attached hydrogens (tertiary/aromatic N) is 2. The molecule has 1 atom stereocenters. The van der Waals surface area contributed by atoms with Gasteiger partial charge in [-0.25, -0.2) is 12.8 Å². The van der Waals surface area contributed by atoms with Gasteiger partial charge in [0.25, 0.3) is 0 Å². The van der Waals surface area contributed by atoms with Gasteiger partial charge in [0.05, 0.1) is 6.61 Å². The third-order valence-electron chi connectivity index (χ3n) is 4.98. The molecule has 0 saturated carbocycles. The van der Waals surface area contributed by atoms with Crippen LogP contribution in [0.5, 0.6) is 0 Å². The number of piperidine rings is 1. The molecular formula is C16H23FN2O3S. The predicted molar refractivity (Wildman–Crippen MR) is 85.0 cm³/mol. The zero-order valence-electron chi connectivity index (χ0n) is 13.1. The summed E-state index contributed by atoms with van der Waals surface area (Å²) in [4.78, 5) is 2.07. The van der Waals surface area contributed by atoms with E-state index < -0.39 is 15.8 Å². The second-order valence-corrected chi connectivity index (χ2v) is 8.19. The van der Waals surface area contributed by atoms with Gasteiger partial charge in [-0.15, -0.1) is 0 Å². The Morgan fingerprint density at radius 2 is 1.83 bits per heavy atom. The van der Waals surface area contributed by atoms with Crippen LogP contribution in [0.25, 0.3) is 0 Å². The Balaban J connectivity index is 1.68. The van der Waals surface area contributed by atoms with E-state index in [1.807, 2.05) is 0 Å². The molecule has 2 fully saturated rings. The molecule has 0 spiro atoms. The van der Waals surface area contributed by atoms with E-state index in [2.05, 4.69) is 4.90 Å². The first-order valence-electron chi connectivity index (χ1n) is 8.15. The highest BCUT2D eigenvalue weighted by atomic mass is 32.2. The molecule has 23 heavy (non-hydrogen) atoms. The minimum atomic E-state index is -3.77. The number of likely N-dealkylation sites (tertiary alicyclic amines) is 1. The van der Waals surface area contributed by atoms with Crippen molar-refractivity contribution >= 4 is 10.0 Å². The summed E-state index contributed by atoms with van der Waals surface area (Å²) in [6, 6.07) is 6.03. The van der Waals surface area contributed by atoms with Gasteiger partial charge in [0.2, 0.25) is 10.0 Å². The molecule has 1 unspecified atom stereocenters. The van der Waals surface area contributed by atoms with E-state index in [1.165, 1.54) is 22.5 Å². The molecule has 5 nitrogen and oxygen atoms in total. The van der Waals surface area contributed by atoms with Crippen LogP contribution in [0.15, 0.2) is 29.2 Å². The highest BCUT2D eigenvalue weighted by Gasteiger charge is 2.36. The Morgan fingerprint density at radius 3 is 2.48 bits per heavy atom. The molecule has 1 N–H and O–H groups in total. The lowest BCUT2D eigenvalue weighted by molar-refractivity contribution is 0.0898. The largest absolute Gasteiger partial charge is 0.395 e. The molecule has 7 heteroatoms. The zero-order valence-corrected chi connectivity index (χ0v) is 13.9. The number of hydrogen-bond donors (Lipinski definition) is 1. The molecule has 0 aliphatic carbocycles. The Kier molecular flexibility index (Phi) is 5.01. The van der Waals surface area contributed by atoms with Crippen LogP contribution in [0.3, 0.4) is 0 Å². The number of hydrogen-bond acceptors (Lipinski definition) is 4. The van der Waals surface area contributed by atoms with Gasteiger partial charge >= 0.3 is 0 Å². The quantitative estimate of drug-likeness (QED) is 0.899. The number of aliphatic hydroxyl groups is 1. The summed E-state index contributed by atoms with van der Waals surface area (Å²) in [7, 11) is -3.77. The smallest absolute Gasteiger partial charge is 0.245 e. The Labute approximate surface area is 136 Å². The predicted octanol–water partition coefficient (Wildman–Crippen LogP) is 1.44. The SMILES string of the molecule is O=S(=O)(c1ccccc1F)N1CCC(N2CCCC2CO)CC1. The fraction of sp³-hybridized carbons (Fsp3) is 0.625. The first kappa shape index (κ1) is 16.8. The highest BCUT2D eigenvalue weighted by molar-refractivity contribution is 7.89. The average Bonchev–Trinajstić information content (AvgIpc) is 3.04. The zero-order chi connectivity index (χ0) is 16.4. The molecule has 2 aliphatic heterocycles. The average molecular weight is 342 g/mol. The summed E-state index contributed by atoms with van der Waals surface area (Å²) >= 11 is 0. The molecule has 2 aliphatic rings. The number of halogens is 1. The van der Waals surface area contributed by atoms with Crippen LogP contribution in [-0.4, -0.2) is 61.1 Å². The van der Waals surface area contributed by atoms with Crippen LogP contribution in [0.1, 0.15) is 25.7 Å². The highest BCUT2D eigenvalue weighted by Crippen LogP contribution is 2.28. The van der Waals surface area contributed by atoms with Crippen LogP contribution < -0.4 is 0 Å². The summed E-state index contributed by atoms with van der Waals surface area (Å²) in [5.74, 6) is -0.700. The third kappa shape index (κ3) is 3.28.